The lowest BCUT2D eigenvalue weighted by Crippen LogP contribution is -2.28. The Bertz CT molecular complexity index is 233. The second-order valence-corrected chi connectivity index (χ2v) is 2.32. The maximum Gasteiger partial charge on any atom is 0.412 e. The summed E-state index contributed by atoms with van der Waals surface area (Å²) < 4.78 is 40.8. The van der Waals surface area contributed by atoms with Crippen molar-refractivity contribution in [3.8, 4) is 0 Å². The van der Waals surface area contributed by atoms with Crippen molar-refractivity contribution in [1.29, 1.82) is 0 Å². The van der Waals surface area contributed by atoms with Crippen molar-refractivity contribution >= 4 is 11.8 Å². The molecule has 1 heterocycles. The molecule has 1 aromatic heterocycles. The van der Waals surface area contributed by atoms with Crippen molar-refractivity contribution in [2.75, 3.05) is 0 Å². The first kappa shape index (κ1) is 9.41. The molecule has 0 aliphatic heterocycles. The van der Waals surface area contributed by atoms with E-state index in [1.165, 1.54) is 12.1 Å². The normalized spacial score (nSPS) is 14.7. The molecule has 0 fully saturated rings. The highest BCUT2D eigenvalue weighted by Gasteiger charge is 2.42. The van der Waals surface area contributed by atoms with Crippen LogP contribution in [-0.4, -0.2) is 6.18 Å². The Morgan fingerprint density at radius 1 is 1.50 bits per heavy atom. The van der Waals surface area contributed by atoms with Crippen LogP contribution in [-0.2, 0) is 0 Å². The van der Waals surface area contributed by atoms with Crippen LogP contribution in [0.5, 0.6) is 0 Å². The van der Waals surface area contributed by atoms with Gasteiger partial charge in [-0.1, -0.05) is 0 Å². The molecular formula is C6H5ClF3NO. The SMILES string of the molecule is FC(F)(F)[C@@H](NCl)c1ccco1. The highest BCUT2D eigenvalue weighted by molar-refractivity contribution is 6.13. The van der Waals surface area contributed by atoms with Crippen LogP contribution in [0.2, 0.25) is 0 Å². The largest absolute Gasteiger partial charge is 0.467 e. The van der Waals surface area contributed by atoms with Crippen LogP contribution in [0.3, 0.4) is 0 Å². The van der Waals surface area contributed by atoms with E-state index in [1.807, 2.05) is 0 Å². The van der Waals surface area contributed by atoms with E-state index in [2.05, 4.69) is 4.42 Å². The van der Waals surface area contributed by atoms with Crippen LogP contribution < -0.4 is 4.84 Å². The van der Waals surface area contributed by atoms with Crippen molar-refractivity contribution in [3.05, 3.63) is 24.2 Å². The van der Waals surface area contributed by atoms with Gasteiger partial charge in [0.05, 0.1) is 6.26 Å². The lowest BCUT2D eigenvalue weighted by molar-refractivity contribution is -0.156. The molecule has 0 aromatic carbocycles. The van der Waals surface area contributed by atoms with Gasteiger partial charge in [0.2, 0.25) is 0 Å². The van der Waals surface area contributed by atoms with Gasteiger partial charge in [-0.05, 0) is 23.9 Å². The predicted octanol–water partition coefficient (Wildman–Crippen LogP) is 2.63. The third kappa shape index (κ3) is 1.92. The summed E-state index contributed by atoms with van der Waals surface area (Å²) in [5.74, 6) is -0.252. The number of rotatable bonds is 2. The van der Waals surface area contributed by atoms with Gasteiger partial charge in [0, 0.05) is 0 Å². The topological polar surface area (TPSA) is 25.2 Å². The van der Waals surface area contributed by atoms with Crippen molar-refractivity contribution in [2.45, 2.75) is 12.2 Å². The fraction of sp³-hybridized carbons (Fsp3) is 0.333. The van der Waals surface area contributed by atoms with E-state index in [9.17, 15) is 13.2 Å². The van der Waals surface area contributed by atoms with Gasteiger partial charge >= 0.3 is 6.18 Å². The van der Waals surface area contributed by atoms with Crippen LogP contribution in [0.15, 0.2) is 22.8 Å². The smallest absolute Gasteiger partial charge is 0.412 e. The molecule has 0 bridgehead atoms. The van der Waals surface area contributed by atoms with E-state index in [4.69, 9.17) is 11.8 Å². The van der Waals surface area contributed by atoms with Gasteiger partial charge in [0.15, 0.2) is 6.04 Å². The number of halogens is 4. The van der Waals surface area contributed by atoms with Gasteiger partial charge in [-0.2, -0.15) is 13.2 Å². The first-order chi connectivity index (χ1) is 5.55. The summed E-state index contributed by atoms with van der Waals surface area (Å²) in [5.41, 5.74) is 0. The second kappa shape index (κ2) is 3.37. The molecule has 1 atom stereocenters. The number of furan rings is 1. The second-order valence-electron chi connectivity index (χ2n) is 2.10. The van der Waals surface area contributed by atoms with E-state index in [-0.39, 0.29) is 5.76 Å². The zero-order valence-corrected chi connectivity index (χ0v) is 6.49. The number of hydrogen-bond donors (Lipinski definition) is 1. The number of hydrogen-bond acceptors (Lipinski definition) is 2. The van der Waals surface area contributed by atoms with Gasteiger partial charge < -0.3 is 4.42 Å². The minimum Gasteiger partial charge on any atom is -0.467 e. The van der Waals surface area contributed by atoms with Gasteiger partial charge in [-0.15, -0.1) is 0 Å². The summed E-state index contributed by atoms with van der Waals surface area (Å²) in [7, 11) is 0. The highest BCUT2D eigenvalue weighted by Crippen LogP contribution is 2.32. The number of nitrogens with one attached hydrogen (secondary N) is 1. The molecule has 0 spiro atoms. The molecule has 0 aliphatic rings. The molecule has 68 valence electrons. The Balaban J connectivity index is 2.84. The molecule has 1 rings (SSSR count). The van der Waals surface area contributed by atoms with E-state index in [0.29, 0.717) is 0 Å². The Morgan fingerprint density at radius 3 is 2.50 bits per heavy atom. The third-order valence-corrected chi connectivity index (χ3v) is 1.48. The molecule has 12 heavy (non-hydrogen) atoms. The molecule has 0 amide bonds. The summed E-state index contributed by atoms with van der Waals surface area (Å²) in [4.78, 5) is 1.60. The maximum atomic E-state index is 12.1. The minimum atomic E-state index is -4.44. The molecule has 0 aliphatic carbocycles. The Hall–Kier alpha value is -0.680. The first-order valence-electron chi connectivity index (χ1n) is 3.02. The lowest BCUT2D eigenvalue weighted by Gasteiger charge is -2.15. The summed E-state index contributed by atoms with van der Waals surface area (Å²) >= 11 is 4.91. The summed E-state index contributed by atoms with van der Waals surface area (Å²) in [6, 6.07) is 0.615. The Kier molecular flexibility index (Phi) is 2.64. The van der Waals surface area contributed by atoms with Crippen LogP contribution in [0, 0.1) is 0 Å². The van der Waals surface area contributed by atoms with Crippen LogP contribution >= 0.6 is 11.8 Å². The Labute approximate surface area is 71.4 Å². The average molecular weight is 200 g/mol. The minimum absolute atomic E-state index is 0.252. The van der Waals surface area contributed by atoms with E-state index < -0.39 is 12.2 Å². The molecule has 0 saturated heterocycles. The molecule has 2 nitrogen and oxygen atoms in total. The van der Waals surface area contributed by atoms with E-state index in [0.717, 1.165) is 6.26 Å². The summed E-state index contributed by atoms with van der Waals surface area (Å²) in [6.07, 6.45) is -3.29. The van der Waals surface area contributed by atoms with E-state index >= 15 is 0 Å². The first-order valence-corrected chi connectivity index (χ1v) is 3.40. The molecule has 0 saturated carbocycles. The monoisotopic (exact) mass is 199 g/mol. The van der Waals surface area contributed by atoms with Gasteiger partial charge in [-0.25, -0.2) is 4.84 Å². The average Bonchev–Trinajstić information content (AvgIpc) is 2.38. The van der Waals surface area contributed by atoms with Crippen molar-refractivity contribution in [2.24, 2.45) is 0 Å². The zero-order valence-electron chi connectivity index (χ0n) is 5.73. The highest BCUT2D eigenvalue weighted by atomic mass is 35.5. The van der Waals surface area contributed by atoms with Crippen molar-refractivity contribution < 1.29 is 17.6 Å². The number of alkyl halides is 3. The molecule has 6 heteroatoms. The molecule has 0 unspecified atom stereocenters. The van der Waals surface area contributed by atoms with Crippen molar-refractivity contribution in [3.63, 3.8) is 0 Å². The standard InChI is InChI=1S/C6H5ClF3NO/c7-11-5(6(8,9)10)4-2-1-3-12-4/h1-3,5,11H/t5-/m0/s1. The third-order valence-electron chi connectivity index (χ3n) is 1.26. The Morgan fingerprint density at radius 2 is 2.17 bits per heavy atom. The van der Waals surface area contributed by atoms with Gasteiger partial charge in [0.1, 0.15) is 5.76 Å². The zero-order chi connectivity index (χ0) is 9.19. The molecule has 1 aromatic rings. The van der Waals surface area contributed by atoms with Crippen LogP contribution in [0.25, 0.3) is 0 Å². The quantitative estimate of drug-likeness (QED) is 0.741. The van der Waals surface area contributed by atoms with Crippen LogP contribution in [0.4, 0.5) is 13.2 Å². The molecule has 1 N–H and O–H groups in total. The van der Waals surface area contributed by atoms with Gasteiger partial charge in [-0.3, -0.25) is 0 Å². The lowest BCUT2D eigenvalue weighted by atomic mass is 10.2. The summed E-state index contributed by atoms with van der Waals surface area (Å²) in [6.45, 7) is 0. The molecule has 0 radical (unpaired) electrons. The fourth-order valence-corrected chi connectivity index (χ4v) is 0.964. The van der Waals surface area contributed by atoms with Gasteiger partial charge in [0.25, 0.3) is 0 Å². The van der Waals surface area contributed by atoms with Crippen molar-refractivity contribution in [1.82, 2.24) is 4.84 Å². The van der Waals surface area contributed by atoms with Crippen LogP contribution in [0.1, 0.15) is 11.8 Å². The fourth-order valence-electron chi connectivity index (χ4n) is 0.732. The maximum absolute atomic E-state index is 12.1. The summed E-state index contributed by atoms with van der Waals surface area (Å²) in [5, 5.41) is 0. The van der Waals surface area contributed by atoms with E-state index in [1.54, 1.807) is 4.84 Å². The molecular weight excluding hydrogens is 195 g/mol. The predicted molar refractivity (Wildman–Crippen MR) is 36.5 cm³/mol.